The summed E-state index contributed by atoms with van der Waals surface area (Å²) >= 11 is 6.16. The molecule has 1 N–H and O–H groups in total. The van der Waals surface area contributed by atoms with Crippen molar-refractivity contribution < 1.29 is 4.74 Å². The normalized spacial score (nSPS) is 10.5. The SMILES string of the molecule is CCOc1ccc(NCc2cccn2CC)cc1Cl. The van der Waals surface area contributed by atoms with Crippen molar-refractivity contribution in [3.05, 3.63) is 47.2 Å². The number of nitrogens with one attached hydrogen (secondary N) is 1. The number of rotatable bonds is 6. The number of nitrogens with zero attached hydrogens (tertiary/aromatic N) is 1. The third-order valence-electron chi connectivity index (χ3n) is 2.97. The van der Waals surface area contributed by atoms with Crippen LogP contribution < -0.4 is 10.1 Å². The van der Waals surface area contributed by atoms with Crippen LogP contribution in [0, 0.1) is 0 Å². The fourth-order valence-corrected chi connectivity index (χ4v) is 2.23. The van der Waals surface area contributed by atoms with Crippen LogP contribution in [-0.2, 0) is 13.1 Å². The topological polar surface area (TPSA) is 26.2 Å². The average Bonchev–Trinajstić information content (AvgIpc) is 2.87. The van der Waals surface area contributed by atoms with E-state index in [0.717, 1.165) is 24.5 Å². The highest BCUT2D eigenvalue weighted by atomic mass is 35.5. The van der Waals surface area contributed by atoms with Crippen molar-refractivity contribution in [3.8, 4) is 5.75 Å². The molecule has 0 saturated heterocycles. The van der Waals surface area contributed by atoms with Gasteiger partial charge in [-0.05, 0) is 44.2 Å². The molecule has 4 heteroatoms. The van der Waals surface area contributed by atoms with Crippen molar-refractivity contribution in [1.29, 1.82) is 0 Å². The Kier molecular flexibility index (Phi) is 4.74. The van der Waals surface area contributed by atoms with Crippen molar-refractivity contribution in [2.45, 2.75) is 26.9 Å². The van der Waals surface area contributed by atoms with Gasteiger partial charge in [0.05, 0.1) is 18.2 Å². The molecule has 0 unspecified atom stereocenters. The van der Waals surface area contributed by atoms with Gasteiger partial charge in [0.2, 0.25) is 0 Å². The summed E-state index contributed by atoms with van der Waals surface area (Å²) in [6.45, 7) is 6.47. The first kappa shape index (κ1) is 13.8. The lowest BCUT2D eigenvalue weighted by atomic mass is 10.3. The van der Waals surface area contributed by atoms with Crippen molar-refractivity contribution in [1.82, 2.24) is 4.57 Å². The zero-order valence-electron chi connectivity index (χ0n) is 11.3. The first-order chi connectivity index (χ1) is 9.24. The van der Waals surface area contributed by atoms with Gasteiger partial charge in [0.1, 0.15) is 5.75 Å². The Labute approximate surface area is 119 Å². The second-order valence-electron chi connectivity index (χ2n) is 4.22. The number of ether oxygens (including phenoxy) is 1. The zero-order valence-corrected chi connectivity index (χ0v) is 12.1. The number of hydrogen-bond donors (Lipinski definition) is 1. The molecule has 2 aromatic rings. The van der Waals surface area contributed by atoms with Gasteiger partial charge >= 0.3 is 0 Å². The van der Waals surface area contributed by atoms with Crippen LogP contribution in [0.3, 0.4) is 0 Å². The number of anilines is 1. The monoisotopic (exact) mass is 278 g/mol. The highest BCUT2D eigenvalue weighted by Crippen LogP contribution is 2.27. The Hall–Kier alpha value is -1.61. The van der Waals surface area contributed by atoms with Crippen molar-refractivity contribution in [3.63, 3.8) is 0 Å². The van der Waals surface area contributed by atoms with E-state index < -0.39 is 0 Å². The van der Waals surface area contributed by atoms with Crippen LogP contribution in [0.2, 0.25) is 5.02 Å². The van der Waals surface area contributed by atoms with Crippen LogP contribution in [0.4, 0.5) is 5.69 Å². The van der Waals surface area contributed by atoms with Gasteiger partial charge < -0.3 is 14.6 Å². The minimum atomic E-state index is 0.622. The van der Waals surface area contributed by atoms with Crippen molar-refractivity contribution in [2.75, 3.05) is 11.9 Å². The summed E-state index contributed by atoms with van der Waals surface area (Å²) in [6.07, 6.45) is 2.09. The number of halogens is 1. The molecule has 0 spiro atoms. The molecule has 0 bridgehead atoms. The predicted molar refractivity (Wildman–Crippen MR) is 80.1 cm³/mol. The second-order valence-corrected chi connectivity index (χ2v) is 4.62. The molecule has 0 radical (unpaired) electrons. The highest BCUT2D eigenvalue weighted by molar-refractivity contribution is 6.32. The molecule has 19 heavy (non-hydrogen) atoms. The van der Waals surface area contributed by atoms with Crippen molar-refractivity contribution in [2.24, 2.45) is 0 Å². The Morgan fingerprint density at radius 2 is 2.11 bits per heavy atom. The van der Waals surface area contributed by atoms with E-state index in [1.165, 1.54) is 5.69 Å². The van der Waals surface area contributed by atoms with Crippen LogP contribution in [0.1, 0.15) is 19.5 Å². The number of aromatic nitrogens is 1. The maximum Gasteiger partial charge on any atom is 0.138 e. The molecule has 3 nitrogen and oxygen atoms in total. The summed E-state index contributed by atoms with van der Waals surface area (Å²) in [7, 11) is 0. The van der Waals surface area contributed by atoms with Gasteiger partial charge in [0, 0.05) is 24.1 Å². The van der Waals surface area contributed by atoms with Gasteiger partial charge in [-0.2, -0.15) is 0 Å². The number of benzene rings is 1. The molecule has 102 valence electrons. The number of aryl methyl sites for hydroxylation is 1. The van der Waals surface area contributed by atoms with E-state index in [4.69, 9.17) is 16.3 Å². The molecule has 0 saturated carbocycles. The summed E-state index contributed by atoms with van der Waals surface area (Å²) in [5.41, 5.74) is 2.25. The zero-order chi connectivity index (χ0) is 13.7. The van der Waals surface area contributed by atoms with Crippen LogP contribution in [0.25, 0.3) is 0 Å². The summed E-state index contributed by atoms with van der Waals surface area (Å²) in [4.78, 5) is 0. The van der Waals surface area contributed by atoms with Gasteiger partial charge in [-0.25, -0.2) is 0 Å². The Morgan fingerprint density at radius 1 is 1.26 bits per heavy atom. The standard InChI is InChI=1S/C15H19ClN2O/c1-3-18-9-5-6-13(18)11-17-12-7-8-15(19-4-2)14(16)10-12/h5-10,17H,3-4,11H2,1-2H3. The maximum absolute atomic E-state index is 6.16. The summed E-state index contributed by atoms with van der Waals surface area (Å²) < 4.78 is 7.63. The summed E-state index contributed by atoms with van der Waals surface area (Å²) in [5.74, 6) is 0.728. The molecule has 0 fully saturated rings. The average molecular weight is 279 g/mol. The van der Waals surface area contributed by atoms with E-state index in [0.29, 0.717) is 11.6 Å². The molecule has 1 aromatic carbocycles. The predicted octanol–water partition coefficient (Wildman–Crippen LogP) is 4.17. The molecule has 1 aromatic heterocycles. The first-order valence-corrected chi connectivity index (χ1v) is 6.92. The second kappa shape index (κ2) is 6.53. The van der Waals surface area contributed by atoms with Crippen LogP contribution in [0.15, 0.2) is 36.5 Å². The molecule has 0 amide bonds. The van der Waals surface area contributed by atoms with E-state index in [1.807, 2.05) is 25.1 Å². The third kappa shape index (κ3) is 3.44. The van der Waals surface area contributed by atoms with Gasteiger partial charge in [-0.1, -0.05) is 11.6 Å². The minimum absolute atomic E-state index is 0.622. The molecule has 0 aliphatic heterocycles. The van der Waals surface area contributed by atoms with Gasteiger partial charge in [-0.3, -0.25) is 0 Å². The van der Waals surface area contributed by atoms with E-state index in [1.54, 1.807) is 0 Å². The summed E-state index contributed by atoms with van der Waals surface area (Å²) in [5, 5.41) is 4.01. The molecule has 1 heterocycles. The Balaban J connectivity index is 2.02. The lowest BCUT2D eigenvalue weighted by Crippen LogP contribution is -2.06. The van der Waals surface area contributed by atoms with Crippen molar-refractivity contribution >= 4 is 17.3 Å². The summed E-state index contributed by atoms with van der Waals surface area (Å²) in [6, 6.07) is 9.95. The molecule has 0 atom stereocenters. The van der Waals surface area contributed by atoms with Crippen LogP contribution in [-0.4, -0.2) is 11.2 Å². The van der Waals surface area contributed by atoms with E-state index in [-0.39, 0.29) is 0 Å². The largest absolute Gasteiger partial charge is 0.492 e. The van der Waals surface area contributed by atoms with Gasteiger partial charge in [0.25, 0.3) is 0 Å². The smallest absolute Gasteiger partial charge is 0.138 e. The quantitative estimate of drug-likeness (QED) is 0.858. The van der Waals surface area contributed by atoms with E-state index >= 15 is 0 Å². The van der Waals surface area contributed by atoms with Gasteiger partial charge in [-0.15, -0.1) is 0 Å². The molecule has 2 rings (SSSR count). The number of hydrogen-bond acceptors (Lipinski definition) is 2. The molecule has 0 aliphatic carbocycles. The molecular formula is C15H19ClN2O. The lowest BCUT2D eigenvalue weighted by Gasteiger charge is -2.11. The van der Waals surface area contributed by atoms with Gasteiger partial charge in [0.15, 0.2) is 0 Å². The fraction of sp³-hybridized carbons (Fsp3) is 0.333. The lowest BCUT2D eigenvalue weighted by molar-refractivity contribution is 0.340. The maximum atomic E-state index is 6.16. The van der Waals surface area contributed by atoms with Crippen LogP contribution in [0.5, 0.6) is 5.75 Å². The van der Waals surface area contributed by atoms with E-state index in [9.17, 15) is 0 Å². The fourth-order valence-electron chi connectivity index (χ4n) is 1.99. The molecular weight excluding hydrogens is 260 g/mol. The third-order valence-corrected chi connectivity index (χ3v) is 3.26. The molecule has 0 aliphatic rings. The Morgan fingerprint density at radius 3 is 2.79 bits per heavy atom. The van der Waals surface area contributed by atoms with E-state index in [2.05, 4.69) is 35.1 Å². The Bertz CT molecular complexity index is 537. The minimum Gasteiger partial charge on any atom is -0.492 e. The highest BCUT2D eigenvalue weighted by Gasteiger charge is 2.03. The first-order valence-electron chi connectivity index (χ1n) is 6.54. The van der Waals surface area contributed by atoms with Crippen LogP contribution >= 0.6 is 11.6 Å².